The number of aliphatic hydroxyl groups excluding tert-OH is 1. The molecule has 1 saturated heterocycles. The summed E-state index contributed by atoms with van der Waals surface area (Å²) in [7, 11) is 0. The van der Waals surface area contributed by atoms with E-state index in [1.54, 1.807) is 6.07 Å². The van der Waals surface area contributed by atoms with Gasteiger partial charge >= 0.3 is 0 Å². The first-order chi connectivity index (χ1) is 8.19. The molecule has 1 aliphatic rings. The van der Waals surface area contributed by atoms with Crippen molar-refractivity contribution in [1.82, 2.24) is 4.90 Å². The second kappa shape index (κ2) is 5.58. The fraction of sp³-hybridized carbons (Fsp3) is 0.538. The van der Waals surface area contributed by atoms with Gasteiger partial charge in [0, 0.05) is 25.2 Å². The number of aliphatic hydroxyl groups is 1. The molecule has 1 unspecified atom stereocenters. The quantitative estimate of drug-likeness (QED) is 0.833. The van der Waals surface area contributed by atoms with Crippen LogP contribution >= 0.6 is 0 Å². The van der Waals surface area contributed by atoms with E-state index in [0.29, 0.717) is 25.2 Å². The number of likely N-dealkylation sites (tertiary alicyclic amines) is 1. The molecule has 3 N–H and O–H groups in total. The van der Waals surface area contributed by atoms with Gasteiger partial charge in [0.05, 0.1) is 6.10 Å². The van der Waals surface area contributed by atoms with E-state index in [4.69, 9.17) is 5.73 Å². The van der Waals surface area contributed by atoms with Crippen LogP contribution in [0.5, 0.6) is 0 Å². The molecule has 1 heterocycles. The topological polar surface area (TPSA) is 49.5 Å². The Labute approximate surface area is 101 Å². The molecule has 4 heteroatoms. The highest BCUT2D eigenvalue weighted by Gasteiger charge is 2.18. The first-order valence-electron chi connectivity index (χ1n) is 6.07. The number of nitrogens with zero attached hydrogens (tertiary/aromatic N) is 1. The van der Waals surface area contributed by atoms with Crippen molar-refractivity contribution >= 4 is 0 Å². The Morgan fingerprint density at radius 3 is 3.00 bits per heavy atom. The zero-order valence-corrected chi connectivity index (χ0v) is 9.90. The van der Waals surface area contributed by atoms with Crippen LogP contribution < -0.4 is 5.73 Å². The Morgan fingerprint density at radius 1 is 1.47 bits per heavy atom. The van der Waals surface area contributed by atoms with E-state index in [-0.39, 0.29) is 11.9 Å². The van der Waals surface area contributed by atoms with E-state index in [9.17, 15) is 9.50 Å². The standard InChI is InChI=1S/C13H19FN2O/c14-13-4-3-10(7-15)6-11(13)8-16-5-1-2-12(17)9-16/h3-4,6,12,17H,1-2,5,7-9,15H2. The van der Waals surface area contributed by atoms with Gasteiger partial charge in [0.15, 0.2) is 0 Å². The van der Waals surface area contributed by atoms with Gasteiger partial charge in [-0.3, -0.25) is 4.90 Å². The summed E-state index contributed by atoms with van der Waals surface area (Å²) in [6.07, 6.45) is 1.55. The average molecular weight is 238 g/mol. The third kappa shape index (κ3) is 3.25. The molecular weight excluding hydrogens is 219 g/mol. The highest BCUT2D eigenvalue weighted by molar-refractivity contribution is 5.25. The van der Waals surface area contributed by atoms with Crippen molar-refractivity contribution in [2.45, 2.75) is 32.0 Å². The summed E-state index contributed by atoms with van der Waals surface area (Å²) >= 11 is 0. The highest BCUT2D eigenvalue weighted by atomic mass is 19.1. The first kappa shape index (κ1) is 12.5. The summed E-state index contributed by atoms with van der Waals surface area (Å²) in [5, 5.41) is 9.57. The molecule has 1 aromatic rings. The van der Waals surface area contributed by atoms with Crippen LogP contribution in [0, 0.1) is 5.82 Å². The molecule has 2 rings (SSSR count). The minimum absolute atomic E-state index is 0.192. The van der Waals surface area contributed by atoms with Crippen LogP contribution in [-0.4, -0.2) is 29.2 Å². The smallest absolute Gasteiger partial charge is 0.127 e. The van der Waals surface area contributed by atoms with Gasteiger partial charge in [-0.2, -0.15) is 0 Å². The predicted octanol–water partition coefficient (Wildman–Crippen LogP) is 1.24. The molecule has 0 spiro atoms. The Bertz CT molecular complexity index is 384. The van der Waals surface area contributed by atoms with Gasteiger partial charge in [-0.05, 0) is 31.0 Å². The van der Waals surface area contributed by atoms with Crippen molar-refractivity contribution in [2.24, 2.45) is 5.73 Å². The van der Waals surface area contributed by atoms with Crippen LogP contribution in [-0.2, 0) is 13.1 Å². The lowest BCUT2D eigenvalue weighted by Crippen LogP contribution is -2.37. The molecule has 0 bridgehead atoms. The normalized spacial score (nSPS) is 21.7. The van der Waals surface area contributed by atoms with Crippen LogP contribution in [0.2, 0.25) is 0 Å². The molecule has 0 aromatic heterocycles. The van der Waals surface area contributed by atoms with Gasteiger partial charge in [-0.15, -0.1) is 0 Å². The van der Waals surface area contributed by atoms with E-state index < -0.39 is 0 Å². The molecular formula is C13H19FN2O. The highest BCUT2D eigenvalue weighted by Crippen LogP contribution is 2.17. The van der Waals surface area contributed by atoms with E-state index in [1.165, 1.54) is 6.07 Å². The molecule has 0 aliphatic carbocycles. The Balaban J connectivity index is 2.06. The van der Waals surface area contributed by atoms with E-state index in [0.717, 1.165) is 24.9 Å². The number of piperidine rings is 1. The Kier molecular flexibility index (Phi) is 4.10. The van der Waals surface area contributed by atoms with Crippen molar-refractivity contribution in [3.8, 4) is 0 Å². The summed E-state index contributed by atoms with van der Waals surface area (Å²) in [5.74, 6) is -0.192. The van der Waals surface area contributed by atoms with Crippen LogP contribution in [0.15, 0.2) is 18.2 Å². The summed E-state index contributed by atoms with van der Waals surface area (Å²) < 4.78 is 13.6. The number of rotatable bonds is 3. The molecule has 1 atom stereocenters. The summed E-state index contributed by atoms with van der Waals surface area (Å²) in [6, 6.07) is 5.00. The minimum atomic E-state index is -0.274. The zero-order valence-electron chi connectivity index (χ0n) is 9.90. The molecule has 3 nitrogen and oxygen atoms in total. The SMILES string of the molecule is NCc1ccc(F)c(CN2CCCC(O)C2)c1. The maximum atomic E-state index is 13.6. The number of hydrogen-bond acceptors (Lipinski definition) is 3. The number of halogens is 1. The number of benzene rings is 1. The monoisotopic (exact) mass is 238 g/mol. The second-order valence-electron chi connectivity index (χ2n) is 4.66. The molecule has 0 saturated carbocycles. The predicted molar refractivity (Wildman–Crippen MR) is 64.8 cm³/mol. The van der Waals surface area contributed by atoms with Gasteiger partial charge in [-0.1, -0.05) is 12.1 Å². The number of nitrogens with two attached hydrogens (primary N) is 1. The van der Waals surface area contributed by atoms with Crippen LogP contribution in [0.3, 0.4) is 0 Å². The lowest BCUT2D eigenvalue weighted by molar-refractivity contribution is 0.0662. The third-order valence-corrected chi connectivity index (χ3v) is 3.22. The second-order valence-corrected chi connectivity index (χ2v) is 4.66. The zero-order chi connectivity index (χ0) is 12.3. The lowest BCUT2D eigenvalue weighted by Gasteiger charge is -2.30. The number of hydrogen-bond donors (Lipinski definition) is 2. The summed E-state index contributed by atoms with van der Waals surface area (Å²) in [5.41, 5.74) is 7.16. The average Bonchev–Trinajstić information content (AvgIpc) is 2.32. The largest absolute Gasteiger partial charge is 0.392 e. The molecule has 1 aromatic carbocycles. The van der Waals surface area contributed by atoms with Gasteiger partial charge in [-0.25, -0.2) is 4.39 Å². The maximum Gasteiger partial charge on any atom is 0.127 e. The van der Waals surface area contributed by atoms with Crippen molar-refractivity contribution in [2.75, 3.05) is 13.1 Å². The van der Waals surface area contributed by atoms with Crippen molar-refractivity contribution in [1.29, 1.82) is 0 Å². The minimum Gasteiger partial charge on any atom is -0.392 e. The lowest BCUT2D eigenvalue weighted by atomic mass is 10.1. The number of β-amino-alcohol motifs (C(OH)–C–C–N with tert-alkyl or cyclic N) is 1. The van der Waals surface area contributed by atoms with E-state index in [1.807, 2.05) is 6.07 Å². The Hall–Kier alpha value is -0.970. The van der Waals surface area contributed by atoms with Gasteiger partial charge in [0.25, 0.3) is 0 Å². The third-order valence-electron chi connectivity index (χ3n) is 3.22. The molecule has 17 heavy (non-hydrogen) atoms. The molecule has 94 valence electrons. The molecule has 1 aliphatic heterocycles. The van der Waals surface area contributed by atoms with Gasteiger partial charge < -0.3 is 10.8 Å². The first-order valence-corrected chi connectivity index (χ1v) is 6.07. The summed E-state index contributed by atoms with van der Waals surface area (Å²) in [6.45, 7) is 2.53. The van der Waals surface area contributed by atoms with Crippen molar-refractivity contribution < 1.29 is 9.50 Å². The van der Waals surface area contributed by atoms with E-state index >= 15 is 0 Å². The van der Waals surface area contributed by atoms with Crippen LogP contribution in [0.1, 0.15) is 24.0 Å². The summed E-state index contributed by atoms with van der Waals surface area (Å²) in [4.78, 5) is 2.09. The van der Waals surface area contributed by atoms with Gasteiger partial charge in [0.1, 0.15) is 5.82 Å². The van der Waals surface area contributed by atoms with Crippen LogP contribution in [0.4, 0.5) is 4.39 Å². The molecule has 0 radical (unpaired) electrons. The van der Waals surface area contributed by atoms with Crippen LogP contribution in [0.25, 0.3) is 0 Å². The van der Waals surface area contributed by atoms with Crippen molar-refractivity contribution in [3.05, 3.63) is 35.1 Å². The fourth-order valence-corrected chi connectivity index (χ4v) is 2.29. The molecule has 0 amide bonds. The fourth-order valence-electron chi connectivity index (χ4n) is 2.29. The Morgan fingerprint density at radius 2 is 2.29 bits per heavy atom. The van der Waals surface area contributed by atoms with E-state index in [2.05, 4.69) is 4.90 Å². The molecule has 1 fully saturated rings. The van der Waals surface area contributed by atoms with Gasteiger partial charge in [0.2, 0.25) is 0 Å². The van der Waals surface area contributed by atoms with Crippen molar-refractivity contribution in [3.63, 3.8) is 0 Å². The maximum absolute atomic E-state index is 13.6.